The van der Waals surface area contributed by atoms with Gasteiger partial charge in [0.2, 0.25) is 0 Å². The first kappa shape index (κ1) is 20.5. The molecule has 0 spiro atoms. The van der Waals surface area contributed by atoms with E-state index in [0.717, 1.165) is 12.8 Å². The average molecular weight is 421 g/mol. The molecule has 1 saturated carbocycles. The van der Waals surface area contributed by atoms with Crippen LogP contribution in [-0.2, 0) is 6.54 Å². The lowest BCUT2D eigenvalue weighted by atomic mass is 10.0. The molecule has 9 nitrogen and oxygen atoms in total. The molecule has 3 aromatic rings. The van der Waals surface area contributed by atoms with E-state index in [9.17, 15) is 19.2 Å². The van der Waals surface area contributed by atoms with E-state index in [1.807, 2.05) is 0 Å². The highest BCUT2D eigenvalue weighted by Gasteiger charge is 2.29. The molecule has 2 amide bonds. The van der Waals surface area contributed by atoms with E-state index in [1.54, 1.807) is 38.1 Å². The van der Waals surface area contributed by atoms with E-state index >= 15 is 0 Å². The summed E-state index contributed by atoms with van der Waals surface area (Å²) in [5, 5.41) is 5.46. The van der Waals surface area contributed by atoms with Crippen molar-refractivity contribution in [1.82, 2.24) is 19.9 Å². The second-order valence-corrected chi connectivity index (χ2v) is 7.58. The molecule has 1 aliphatic carbocycles. The van der Waals surface area contributed by atoms with Gasteiger partial charge in [-0.05, 0) is 50.5 Å². The van der Waals surface area contributed by atoms with Crippen molar-refractivity contribution in [3.05, 3.63) is 67.5 Å². The number of aromatic nitrogens is 3. The molecule has 31 heavy (non-hydrogen) atoms. The van der Waals surface area contributed by atoms with Gasteiger partial charge in [0.1, 0.15) is 0 Å². The molecule has 9 heteroatoms. The number of aryl methyl sites for hydroxylation is 1. The SMILES string of the molecule is CCn1c(=O)[nH]c(=O)c2c(C(=O)Nc3cccc(C(=O)NC)c3C)cc(C3CC3)nc21. The summed E-state index contributed by atoms with van der Waals surface area (Å²) in [6.45, 7) is 3.82. The van der Waals surface area contributed by atoms with E-state index in [-0.39, 0.29) is 28.4 Å². The third-order valence-corrected chi connectivity index (χ3v) is 5.58. The summed E-state index contributed by atoms with van der Waals surface area (Å²) < 4.78 is 1.36. The molecule has 0 aliphatic heterocycles. The molecule has 2 heterocycles. The van der Waals surface area contributed by atoms with Crippen molar-refractivity contribution < 1.29 is 9.59 Å². The quantitative estimate of drug-likeness (QED) is 0.580. The van der Waals surface area contributed by atoms with Gasteiger partial charge in [-0.25, -0.2) is 9.78 Å². The molecule has 160 valence electrons. The molecule has 2 aromatic heterocycles. The Morgan fingerprint density at radius 1 is 1.19 bits per heavy atom. The Bertz CT molecular complexity index is 1330. The topological polar surface area (TPSA) is 126 Å². The number of fused-ring (bicyclic) bond motifs is 1. The van der Waals surface area contributed by atoms with E-state index in [0.29, 0.717) is 29.1 Å². The second-order valence-electron chi connectivity index (χ2n) is 7.58. The normalized spacial score (nSPS) is 13.3. The molecule has 0 atom stereocenters. The Morgan fingerprint density at radius 3 is 2.58 bits per heavy atom. The van der Waals surface area contributed by atoms with Crippen molar-refractivity contribution in [3.8, 4) is 0 Å². The lowest BCUT2D eigenvalue weighted by molar-refractivity contribution is 0.0960. The first-order chi connectivity index (χ1) is 14.8. The molecule has 0 unspecified atom stereocenters. The second kappa shape index (κ2) is 7.82. The van der Waals surface area contributed by atoms with Crippen LogP contribution in [0.4, 0.5) is 5.69 Å². The maximum Gasteiger partial charge on any atom is 0.329 e. The zero-order chi connectivity index (χ0) is 22.3. The van der Waals surface area contributed by atoms with Crippen molar-refractivity contribution in [2.75, 3.05) is 12.4 Å². The summed E-state index contributed by atoms with van der Waals surface area (Å²) in [5.41, 5.74) is 1.36. The van der Waals surface area contributed by atoms with Crippen LogP contribution >= 0.6 is 0 Å². The van der Waals surface area contributed by atoms with Gasteiger partial charge >= 0.3 is 5.69 Å². The molecule has 0 saturated heterocycles. The first-order valence-electron chi connectivity index (χ1n) is 10.2. The minimum Gasteiger partial charge on any atom is -0.355 e. The van der Waals surface area contributed by atoms with Crippen molar-refractivity contribution in [3.63, 3.8) is 0 Å². The minimum absolute atomic E-state index is 0.0726. The fraction of sp³-hybridized carbons (Fsp3) is 0.318. The van der Waals surface area contributed by atoms with Gasteiger partial charge in [0.15, 0.2) is 5.65 Å². The van der Waals surface area contributed by atoms with Crippen LogP contribution in [0.25, 0.3) is 11.0 Å². The molecule has 1 aliphatic rings. The van der Waals surface area contributed by atoms with Crippen LogP contribution in [0.15, 0.2) is 33.9 Å². The summed E-state index contributed by atoms with van der Waals surface area (Å²) in [7, 11) is 1.54. The molecular weight excluding hydrogens is 398 g/mol. The molecular formula is C22H23N5O4. The number of rotatable bonds is 5. The fourth-order valence-corrected chi connectivity index (χ4v) is 3.70. The number of anilines is 1. The zero-order valence-corrected chi connectivity index (χ0v) is 17.5. The van der Waals surface area contributed by atoms with Crippen LogP contribution in [0.3, 0.4) is 0 Å². The zero-order valence-electron chi connectivity index (χ0n) is 17.5. The number of nitrogens with zero attached hydrogens (tertiary/aromatic N) is 2. The summed E-state index contributed by atoms with van der Waals surface area (Å²) in [6.07, 6.45) is 1.90. The minimum atomic E-state index is -0.652. The lowest BCUT2D eigenvalue weighted by Crippen LogP contribution is -2.32. The number of hydrogen-bond donors (Lipinski definition) is 3. The standard InChI is InChI=1S/C22H23N5O4/c1-4-27-18-17(21(30)26-22(27)31)14(10-16(24-18)12-8-9-12)20(29)25-15-7-5-6-13(11(15)2)19(28)23-3/h5-7,10,12H,4,8-9H2,1-3H3,(H,23,28)(H,25,29)(H,26,30,31). The van der Waals surface area contributed by atoms with Gasteiger partial charge in [-0.15, -0.1) is 0 Å². The Labute approximate surface area is 177 Å². The molecule has 3 N–H and O–H groups in total. The van der Waals surface area contributed by atoms with E-state index in [4.69, 9.17) is 0 Å². The van der Waals surface area contributed by atoms with Crippen LogP contribution in [0.1, 0.15) is 57.7 Å². The molecule has 0 bridgehead atoms. The lowest BCUT2D eigenvalue weighted by Gasteiger charge is -2.14. The predicted molar refractivity (Wildman–Crippen MR) is 117 cm³/mol. The highest BCUT2D eigenvalue weighted by atomic mass is 16.2. The van der Waals surface area contributed by atoms with Crippen molar-refractivity contribution in [2.45, 2.75) is 39.2 Å². The monoisotopic (exact) mass is 421 g/mol. The summed E-state index contributed by atoms with van der Waals surface area (Å²) in [5.74, 6) is -0.547. The van der Waals surface area contributed by atoms with Crippen LogP contribution in [0.2, 0.25) is 0 Å². The van der Waals surface area contributed by atoms with Crippen LogP contribution in [-0.4, -0.2) is 33.4 Å². The summed E-state index contributed by atoms with van der Waals surface area (Å²) in [4.78, 5) is 57.1. The van der Waals surface area contributed by atoms with Gasteiger partial charge < -0.3 is 10.6 Å². The maximum absolute atomic E-state index is 13.3. The number of benzene rings is 1. The van der Waals surface area contributed by atoms with Gasteiger partial charge in [-0.3, -0.25) is 23.9 Å². The highest BCUT2D eigenvalue weighted by molar-refractivity contribution is 6.12. The maximum atomic E-state index is 13.3. The average Bonchev–Trinajstić information content (AvgIpc) is 3.59. The smallest absolute Gasteiger partial charge is 0.329 e. The summed E-state index contributed by atoms with van der Waals surface area (Å²) >= 11 is 0. The highest BCUT2D eigenvalue weighted by Crippen LogP contribution is 2.40. The summed E-state index contributed by atoms with van der Waals surface area (Å²) in [6, 6.07) is 6.67. The van der Waals surface area contributed by atoms with Crippen molar-refractivity contribution in [1.29, 1.82) is 0 Å². The Morgan fingerprint density at radius 2 is 1.94 bits per heavy atom. The number of pyridine rings is 1. The number of H-pyrrole nitrogens is 1. The van der Waals surface area contributed by atoms with E-state index in [1.165, 1.54) is 11.6 Å². The van der Waals surface area contributed by atoms with Crippen molar-refractivity contribution in [2.24, 2.45) is 0 Å². The predicted octanol–water partition coefficient (Wildman–Crippen LogP) is 1.90. The van der Waals surface area contributed by atoms with E-state index < -0.39 is 17.2 Å². The number of amides is 2. The number of hydrogen-bond acceptors (Lipinski definition) is 5. The van der Waals surface area contributed by atoms with Gasteiger partial charge in [0, 0.05) is 36.5 Å². The largest absolute Gasteiger partial charge is 0.355 e. The van der Waals surface area contributed by atoms with Gasteiger partial charge in [0.25, 0.3) is 17.4 Å². The van der Waals surface area contributed by atoms with Crippen LogP contribution in [0.5, 0.6) is 0 Å². The van der Waals surface area contributed by atoms with Crippen LogP contribution in [0, 0.1) is 6.92 Å². The number of nitrogens with one attached hydrogen (secondary N) is 3. The molecule has 4 rings (SSSR count). The third-order valence-electron chi connectivity index (χ3n) is 5.58. The van der Waals surface area contributed by atoms with Gasteiger partial charge in [-0.1, -0.05) is 6.07 Å². The Kier molecular flexibility index (Phi) is 5.18. The van der Waals surface area contributed by atoms with Gasteiger partial charge in [-0.2, -0.15) is 0 Å². The van der Waals surface area contributed by atoms with E-state index in [2.05, 4.69) is 20.6 Å². The van der Waals surface area contributed by atoms with Crippen LogP contribution < -0.4 is 21.9 Å². The molecule has 1 fully saturated rings. The Hall–Kier alpha value is -3.75. The van der Waals surface area contributed by atoms with Gasteiger partial charge in [0.05, 0.1) is 10.9 Å². The number of carbonyl (C=O) groups is 2. The molecule has 0 radical (unpaired) electrons. The first-order valence-corrected chi connectivity index (χ1v) is 10.2. The fourth-order valence-electron chi connectivity index (χ4n) is 3.70. The third kappa shape index (κ3) is 3.63. The Balaban J connectivity index is 1.86. The molecule has 1 aromatic carbocycles. The number of carbonyl (C=O) groups excluding carboxylic acids is 2. The van der Waals surface area contributed by atoms with Crippen molar-refractivity contribution >= 4 is 28.5 Å². The number of aromatic amines is 1.